The molecule has 0 aliphatic carbocycles. The number of ether oxygens (including phenoxy) is 1. The van der Waals surface area contributed by atoms with Crippen LogP contribution in [0.25, 0.3) is 0 Å². The molecule has 1 saturated heterocycles. The minimum Gasteiger partial charge on any atom is -0.479 e. The molecule has 1 amide bonds. The van der Waals surface area contributed by atoms with E-state index in [0.29, 0.717) is 6.54 Å². The molecule has 0 radical (unpaired) electrons. The van der Waals surface area contributed by atoms with Gasteiger partial charge in [-0.1, -0.05) is 0 Å². The highest BCUT2D eigenvalue weighted by molar-refractivity contribution is 5.85. The van der Waals surface area contributed by atoms with E-state index in [1.807, 2.05) is 0 Å². The summed E-state index contributed by atoms with van der Waals surface area (Å²) >= 11 is 0. The molecule has 1 atom stereocenters. The van der Waals surface area contributed by atoms with Gasteiger partial charge in [0.25, 0.3) is 0 Å². The molecule has 0 aromatic rings. The van der Waals surface area contributed by atoms with Crippen molar-refractivity contribution >= 4 is 12.1 Å². The van der Waals surface area contributed by atoms with Gasteiger partial charge in [-0.15, -0.1) is 0 Å². The minimum atomic E-state index is -4.22. The second kappa shape index (κ2) is 6.94. The first kappa shape index (κ1) is 19.5. The molecular formula is C14H23F3N2O4. The molecule has 1 heterocycles. The molecule has 1 fully saturated rings. The Hall–Kier alpha value is -1.51. The number of alkyl carbamates (subject to hydrolysis) is 1. The number of hydrogen-bond donors (Lipinski definition) is 2. The van der Waals surface area contributed by atoms with Crippen LogP contribution in [0.2, 0.25) is 0 Å². The zero-order valence-corrected chi connectivity index (χ0v) is 13.5. The number of alkyl halides is 3. The van der Waals surface area contributed by atoms with Crippen LogP contribution >= 0.6 is 0 Å². The summed E-state index contributed by atoms with van der Waals surface area (Å²) in [5.74, 6) is -1.22. The smallest absolute Gasteiger partial charge is 0.408 e. The van der Waals surface area contributed by atoms with Crippen LogP contribution in [0.15, 0.2) is 0 Å². The van der Waals surface area contributed by atoms with Crippen molar-refractivity contribution < 1.29 is 32.6 Å². The Labute approximate surface area is 133 Å². The van der Waals surface area contributed by atoms with Gasteiger partial charge in [-0.05, 0) is 40.2 Å². The quantitative estimate of drug-likeness (QED) is 0.803. The lowest BCUT2D eigenvalue weighted by Crippen LogP contribution is -2.57. The SMILES string of the molecule is CC(C)(C)OC(=O)NC1(C(=O)O)CCN(CCCC(F)(F)F)C1. The van der Waals surface area contributed by atoms with E-state index in [0.717, 1.165) is 0 Å². The molecule has 1 rings (SSSR count). The molecule has 0 aromatic carbocycles. The van der Waals surface area contributed by atoms with E-state index in [1.165, 1.54) is 0 Å². The maximum Gasteiger partial charge on any atom is 0.408 e. The summed E-state index contributed by atoms with van der Waals surface area (Å²) < 4.78 is 41.5. The highest BCUT2D eigenvalue weighted by atomic mass is 19.4. The van der Waals surface area contributed by atoms with Gasteiger partial charge in [-0.2, -0.15) is 13.2 Å². The number of amides is 1. The first-order valence-electron chi connectivity index (χ1n) is 7.37. The van der Waals surface area contributed by atoms with Crippen molar-refractivity contribution in [2.45, 2.75) is 57.3 Å². The zero-order chi connectivity index (χ0) is 17.9. The van der Waals surface area contributed by atoms with Gasteiger partial charge in [0.1, 0.15) is 5.60 Å². The molecule has 0 aromatic heterocycles. The third kappa shape index (κ3) is 6.64. The Kier molecular flexibility index (Phi) is 5.89. The Morgan fingerprint density at radius 2 is 1.91 bits per heavy atom. The summed E-state index contributed by atoms with van der Waals surface area (Å²) in [6.07, 6.45) is -5.97. The molecular weight excluding hydrogens is 317 g/mol. The van der Waals surface area contributed by atoms with Crippen LogP contribution in [0.4, 0.5) is 18.0 Å². The Morgan fingerprint density at radius 3 is 2.39 bits per heavy atom. The standard InChI is InChI=1S/C14H23F3N2O4/c1-12(2,3)23-11(22)18-13(10(20)21)6-8-19(9-13)7-4-5-14(15,16)17/h4-9H2,1-3H3,(H,18,22)(H,20,21). The molecule has 9 heteroatoms. The van der Waals surface area contributed by atoms with E-state index in [2.05, 4.69) is 5.32 Å². The fourth-order valence-electron chi connectivity index (χ4n) is 2.41. The highest BCUT2D eigenvalue weighted by Crippen LogP contribution is 2.25. The summed E-state index contributed by atoms with van der Waals surface area (Å²) in [5.41, 5.74) is -2.30. The van der Waals surface area contributed by atoms with Gasteiger partial charge in [0.05, 0.1) is 0 Å². The number of nitrogens with zero attached hydrogens (tertiary/aromatic N) is 1. The van der Waals surface area contributed by atoms with E-state index in [9.17, 15) is 27.9 Å². The summed E-state index contributed by atoms with van der Waals surface area (Å²) in [5, 5.41) is 11.8. The van der Waals surface area contributed by atoms with E-state index in [1.54, 1.807) is 25.7 Å². The lowest BCUT2D eigenvalue weighted by Gasteiger charge is -2.28. The third-order valence-electron chi connectivity index (χ3n) is 3.43. The van der Waals surface area contributed by atoms with E-state index < -0.39 is 35.8 Å². The van der Waals surface area contributed by atoms with Crippen molar-refractivity contribution in [3.05, 3.63) is 0 Å². The number of likely N-dealkylation sites (tertiary alicyclic amines) is 1. The predicted molar refractivity (Wildman–Crippen MR) is 76.1 cm³/mol. The average Bonchev–Trinajstić information content (AvgIpc) is 2.69. The summed E-state index contributed by atoms with van der Waals surface area (Å²) in [4.78, 5) is 24.9. The number of carbonyl (C=O) groups excluding carboxylic acids is 1. The molecule has 0 bridgehead atoms. The molecule has 2 N–H and O–H groups in total. The van der Waals surface area contributed by atoms with Gasteiger partial charge in [0.15, 0.2) is 5.54 Å². The van der Waals surface area contributed by atoms with Crippen LogP contribution < -0.4 is 5.32 Å². The lowest BCUT2D eigenvalue weighted by atomic mass is 9.99. The van der Waals surface area contributed by atoms with Gasteiger partial charge < -0.3 is 20.1 Å². The van der Waals surface area contributed by atoms with Gasteiger partial charge in [-0.3, -0.25) is 0 Å². The number of halogens is 3. The average molecular weight is 340 g/mol. The van der Waals surface area contributed by atoms with Crippen LogP contribution in [0.1, 0.15) is 40.0 Å². The van der Waals surface area contributed by atoms with Crippen molar-refractivity contribution in [3.8, 4) is 0 Å². The molecule has 1 unspecified atom stereocenters. The van der Waals surface area contributed by atoms with Gasteiger partial charge >= 0.3 is 18.2 Å². The summed E-state index contributed by atoms with van der Waals surface area (Å²) in [6.45, 7) is 5.35. The van der Waals surface area contributed by atoms with Crippen molar-refractivity contribution in [2.24, 2.45) is 0 Å². The second-order valence-corrected chi connectivity index (χ2v) is 6.76. The molecule has 134 valence electrons. The third-order valence-corrected chi connectivity index (χ3v) is 3.43. The summed E-state index contributed by atoms with van der Waals surface area (Å²) in [6, 6.07) is 0. The molecule has 23 heavy (non-hydrogen) atoms. The number of rotatable bonds is 5. The van der Waals surface area contributed by atoms with Crippen LogP contribution in [-0.2, 0) is 9.53 Å². The largest absolute Gasteiger partial charge is 0.479 e. The number of hydrogen-bond acceptors (Lipinski definition) is 4. The van der Waals surface area contributed by atoms with Crippen LogP contribution in [0.3, 0.4) is 0 Å². The maximum atomic E-state index is 12.2. The zero-order valence-electron chi connectivity index (χ0n) is 13.5. The first-order valence-corrected chi connectivity index (χ1v) is 7.37. The van der Waals surface area contributed by atoms with Gasteiger partial charge in [0.2, 0.25) is 0 Å². The Bertz CT molecular complexity index is 448. The van der Waals surface area contributed by atoms with Crippen molar-refractivity contribution in [2.75, 3.05) is 19.6 Å². The van der Waals surface area contributed by atoms with Crippen molar-refractivity contribution in [3.63, 3.8) is 0 Å². The number of carbonyl (C=O) groups is 2. The van der Waals surface area contributed by atoms with Crippen molar-refractivity contribution in [1.29, 1.82) is 0 Å². The number of carboxylic acid groups (broad SMARTS) is 1. The molecule has 1 aliphatic rings. The van der Waals surface area contributed by atoms with Crippen LogP contribution in [0.5, 0.6) is 0 Å². The Morgan fingerprint density at radius 1 is 1.30 bits per heavy atom. The Balaban J connectivity index is 2.60. The number of aliphatic carboxylic acids is 1. The first-order chi connectivity index (χ1) is 10.3. The van der Waals surface area contributed by atoms with Crippen LogP contribution in [-0.4, -0.2) is 59.0 Å². The molecule has 0 spiro atoms. The summed E-state index contributed by atoms with van der Waals surface area (Å²) in [7, 11) is 0. The molecule has 1 aliphatic heterocycles. The predicted octanol–water partition coefficient (Wildman–Crippen LogP) is 2.38. The molecule has 6 nitrogen and oxygen atoms in total. The van der Waals surface area contributed by atoms with Gasteiger partial charge in [-0.25, -0.2) is 9.59 Å². The normalized spacial score (nSPS) is 22.9. The second-order valence-electron chi connectivity index (χ2n) is 6.76. The maximum absolute atomic E-state index is 12.2. The fraction of sp³-hybridized carbons (Fsp3) is 0.857. The number of nitrogens with one attached hydrogen (secondary N) is 1. The van der Waals surface area contributed by atoms with E-state index >= 15 is 0 Å². The number of carboxylic acids is 1. The highest BCUT2D eigenvalue weighted by Gasteiger charge is 2.46. The lowest BCUT2D eigenvalue weighted by molar-refractivity contribution is -0.144. The topological polar surface area (TPSA) is 78.9 Å². The molecule has 0 saturated carbocycles. The fourth-order valence-corrected chi connectivity index (χ4v) is 2.41. The van der Waals surface area contributed by atoms with E-state index in [-0.39, 0.29) is 25.9 Å². The monoisotopic (exact) mass is 340 g/mol. The minimum absolute atomic E-state index is 0.0422. The van der Waals surface area contributed by atoms with Crippen molar-refractivity contribution in [1.82, 2.24) is 10.2 Å². The van der Waals surface area contributed by atoms with Gasteiger partial charge in [0, 0.05) is 19.5 Å². The van der Waals surface area contributed by atoms with E-state index in [4.69, 9.17) is 4.74 Å². The van der Waals surface area contributed by atoms with Crippen LogP contribution in [0, 0.1) is 0 Å².